The van der Waals surface area contributed by atoms with E-state index in [-0.39, 0.29) is 0 Å². The first-order valence-electron chi connectivity index (χ1n) is 8.00. The van der Waals surface area contributed by atoms with Crippen LogP contribution in [0.4, 0.5) is 0 Å². The average Bonchev–Trinajstić information content (AvgIpc) is 2.92. The molecule has 3 rings (SSSR count). The summed E-state index contributed by atoms with van der Waals surface area (Å²) >= 11 is 1.94. The third-order valence-corrected chi connectivity index (χ3v) is 6.08. The summed E-state index contributed by atoms with van der Waals surface area (Å²) in [5, 5.41) is 5.24. The Labute approximate surface area is 126 Å². The summed E-state index contributed by atoms with van der Waals surface area (Å²) in [4.78, 5) is 1.48. The van der Waals surface area contributed by atoms with Crippen LogP contribution < -0.4 is 5.32 Å². The molecule has 0 aliphatic heterocycles. The molecule has 1 saturated carbocycles. The first-order chi connectivity index (χ1) is 9.76. The van der Waals surface area contributed by atoms with Crippen molar-refractivity contribution in [2.75, 3.05) is 0 Å². The van der Waals surface area contributed by atoms with Crippen LogP contribution in [0, 0.1) is 5.92 Å². The van der Waals surface area contributed by atoms with Crippen LogP contribution in [0.2, 0.25) is 0 Å². The molecule has 1 aliphatic rings. The van der Waals surface area contributed by atoms with Crippen molar-refractivity contribution in [3.8, 4) is 0 Å². The molecule has 0 radical (unpaired) electrons. The predicted molar refractivity (Wildman–Crippen MR) is 89.4 cm³/mol. The zero-order chi connectivity index (χ0) is 13.9. The van der Waals surface area contributed by atoms with E-state index in [0.29, 0.717) is 6.04 Å². The Morgan fingerprint density at radius 3 is 2.65 bits per heavy atom. The number of hydrogen-bond acceptors (Lipinski definition) is 2. The minimum absolute atomic E-state index is 0.482. The van der Waals surface area contributed by atoms with Crippen molar-refractivity contribution < 1.29 is 0 Å². The molecule has 1 nitrogen and oxygen atoms in total. The predicted octanol–water partition coefficient (Wildman–Crippen LogP) is 5.52. The minimum Gasteiger partial charge on any atom is -0.307 e. The lowest BCUT2D eigenvalue weighted by Gasteiger charge is -2.30. The number of hydrogen-bond donors (Lipinski definition) is 1. The largest absolute Gasteiger partial charge is 0.307 e. The van der Waals surface area contributed by atoms with Gasteiger partial charge in [-0.05, 0) is 56.0 Å². The standard InChI is InChI=1S/C18H25NS/c1-3-14-8-10-16(11-9-14)19-13(2)18-12-15-6-4-5-7-17(15)20-18/h4-7,12-14,16,19H,3,8-11H2,1-2H3. The Balaban J connectivity index is 1.63. The fourth-order valence-corrected chi connectivity index (χ4v) is 4.46. The van der Waals surface area contributed by atoms with Crippen LogP contribution in [0.15, 0.2) is 30.3 Å². The molecule has 2 heteroatoms. The van der Waals surface area contributed by atoms with Gasteiger partial charge in [-0.25, -0.2) is 0 Å². The molecular formula is C18H25NS. The number of thiophene rings is 1. The van der Waals surface area contributed by atoms with Gasteiger partial charge in [0, 0.05) is 21.7 Å². The van der Waals surface area contributed by atoms with Crippen LogP contribution in [0.1, 0.15) is 56.9 Å². The highest BCUT2D eigenvalue weighted by molar-refractivity contribution is 7.19. The van der Waals surface area contributed by atoms with Crippen LogP contribution in [0.25, 0.3) is 10.1 Å². The molecular weight excluding hydrogens is 262 g/mol. The fourth-order valence-electron chi connectivity index (χ4n) is 3.39. The third kappa shape index (κ3) is 3.07. The summed E-state index contributed by atoms with van der Waals surface area (Å²) in [7, 11) is 0. The summed E-state index contributed by atoms with van der Waals surface area (Å²) in [6.45, 7) is 4.65. The van der Waals surface area contributed by atoms with Crippen molar-refractivity contribution in [1.82, 2.24) is 5.32 Å². The average molecular weight is 287 g/mol. The van der Waals surface area contributed by atoms with Gasteiger partial charge in [-0.1, -0.05) is 31.5 Å². The maximum absolute atomic E-state index is 3.85. The van der Waals surface area contributed by atoms with E-state index in [4.69, 9.17) is 0 Å². The second-order valence-electron chi connectivity index (χ2n) is 6.20. The molecule has 1 aliphatic carbocycles. The van der Waals surface area contributed by atoms with Gasteiger partial charge in [0.05, 0.1) is 0 Å². The van der Waals surface area contributed by atoms with Crippen molar-refractivity contribution in [2.24, 2.45) is 5.92 Å². The SMILES string of the molecule is CCC1CCC(NC(C)c2cc3ccccc3s2)CC1. The van der Waals surface area contributed by atoms with Crippen molar-refractivity contribution >= 4 is 21.4 Å². The van der Waals surface area contributed by atoms with E-state index < -0.39 is 0 Å². The summed E-state index contributed by atoms with van der Waals surface area (Å²) < 4.78 is 1.41. The first kappa shape index (κ1) is 14.1. The smallest absolute Gasteiger partial charge is 0.0388 e. The molecule has 2 aromatic rings. The summed E-state index contributed by atoms with van der Waals surface area (Å²) in [5.41, 5.74) is 0. The van der Waals surface area contributed by atoms with Gasteiger partial charge in [-0.2, -0.15) is 0 Å². The highest BCUT2D eigenvalue weighted by Crippen LogP contribution is 2.32. The molecule has 1 atom stereocenters. The van der Waals surface area contributed by atoms with Crippen molar-refractivity contribution in [1.29, 1.82) is 0 Å². The molecule has 20 heavy (non-hydrogen) atoms. The van der Waals surface area contributed by atoms with Crippen LogP contribution in [0.3, 0.4) is 0 Å². The van der Waals surface area contributed by atoms with Gasteiger partial charge in [0.15, 0.2) is 0 Å². The van der Waals surface area contributed by atoms with Gasteiger partial charge < -0.3 is 5.32 Å². The van der Waals surface area contributed by atoms with Gasteiger partial charge in [-0.15, -0.1) is 11.3 Å². The van der Waals surface area contributed by atoms with Gasteiger partial charge in [-0.3, -0.25) is 0 Å². The van der Waals surface area contributed by atoms with E-state index in [0.717, 1.165) is 12.0 Å². The van der Waals surface area contributed by atoms with E-state index in [9.17, 15) is 0 Å². The topological polar surface area (TPSA) is 12.0 Å². The van der Waals surface area contributed by atoms with Crippen LogP contribution in [0.5, 0.6) is 0 Å². The van der Waals surface area contributed by atoms with Gasteiger partial charge in [0.1, 0.15) is 0 Å². The van der Waals surface area contributed by atoms with Crippen LogP contribution >= 0.6 is 11.3 Å². The minimum atomic E-state index is 0.482. The first-order valence-corrected chi connectivity index (χ1v) is 8.82. The van der Waals surface area contributed by atoms with Crippen LogP contribution in [-0.2, 0) is 0 Å². The van der Waals surface area contributed by atoms with Crippen molar-refractivity contribution in [3.63, 3.8) is 0 Å². The Hall–Kier alpha value is -0.860. The molecule has 1 aromatic carbocycles. The van der Waals surface area contributed by atoms with Crippen LogP contribution in [-0.4, -0.2) is 6.04 Å². The van der Waals surface area contributed by atoms with Crippen molar-refractivity contribution in [3.05, 3.63) is 35.2 Å². The highest BCUT2D eigenvalue weighted by atomic mass is 32.1. The maximum atomic E-state index is 3.85. The van der Waals surface area contributed by atoms with Gasteiger partial charge in [0.25, 0.3) is 0 Å². The molecule has 0 spiro atoms. The van der Waals surface area contributed by atoms with E-state index in [1.54, 1.807) is 0 Å². The Morgan fingerprint density at radius 2 is 1.95 bits per heavy atom. The lowest BCUT2D eigenvalue weighted by molar-refractivity contribution is 0.274. The number of rotatable bonds is 4. The lowest BCUT2D eigenvalue weighted by Crippen LogP contribution is -2.34. The second-order valence-corrected chi connectivity index (χ2v) is 7.32. The van der Waals surface area contributed by atoms with Crippen molar-refractivity contribution in [2.45, 2.75) is 58.0 Å². The molecule has 1 aromatic heterocycles. The normalized spacial score (nSPS) is 24.9. The zero-order valence-electron chi connectivity index (χ0n) is 12.6. The van der Waals surface area contributed by atoms with E-state index in [1.165, 1.54) is 47.1 Å². The van der Waals surface area contributed by atoms with E-state index >= 15 is 0 Å². The Kier molecular flexibility index (Phi) is 4.42. The molecule has 0 bridgehead atoms. The quantitative estimate of drug-likeness (QED) is 0.780. The summed E-state index contributed by atoms with van der Waals surface area (Å²) in [5.74, 6) is 0.979. The molecule has 1 heterocycles. The summed E-state index contributed by atoms with van der Waals surface area (Å²) in [6.07, 6.45) is 6.89. The number of nitrogens with one attached hydrogen (secondary N) is 1. The van der Waals surface area contributed by atoms with Gasteiger partial charge in [0.2, 0.25) is 0 Å². The monoisotopic (exact) mass is 287 g/mol. The third-order valence-electron chi connectivity index (χ3n) is 4.78. The highest BCUT2D eigenvalue weighted by Gasteiger charge is 2.21. The second kappa shape index (κ2) is 6.28. The molecule has 1 fully saturated rings. The van der Waals surface area contributed by atoms with Gasteiger partial charge >= 0.3 is 0 Å². The lowest BCUT2D eigenvalue weighted by atomic mass is 9.84. The zero-order valence-corrected chi connectivity index (χ0v) is 13.4. The van der Waals surface area contributed by atoms with E-state index in [2.05, 4.69) is 49.5 Å². The molecule has 1 N–H and O–H groups in total. The molecule has 0 saturated heterocycles. The Morgan fingerprint density at radius 1 is 1.20 bits per heavy atom. The number of fused-ring (bicyclic) bond motifs is 1. The fraction of sp³-hybridized carbons (Fsp3) is 0.556. The molecule has 1 unspecified atom stereocenters. The maximum Gasteiger partial charge on any atom is 0.0388 e. The molecule has 0 amide bonds. The summed E-state index contributed by atoms with van der Waals surface area (Å²) in [6, 6.07) is 12.3. The molecule has 108 valence electrons. The Bertz CT molecular complexity index is 518. The number of benzene rings is 1. The van der Waals surface area contributed by atoms with E-state index in [1.807, 2.05) is 11.3 Å².